The number of fused-ring (bicyclic) bond motifs is 2. The van der Waals surface area contributed by atoms with Crippen molar-refractivity contribution in [3.05, 3.63) is 70.1 Å². The standard InChI is InChI=1S/C26H25N5O3S/c1-16-11-12-18(17(2)14-16)21-15-35-26-28-25(29-31(21)26)27-22(32)10-4-3-7-13-30-23(33)19-8-5-6-9-20(19)24(30)34/h5-6,8-9,11-12,14-15H,3-4,7,10,13H2,1-2H3,(H,27,29,32). The normalized spacial score (nSPS) is 13.0. The number of hydrogen-bond acceptors (Lipinski definition) is 6. The molecule has 8 nitrogen and oxygen atoms in total. The van der Waals surface area contributed by atoms with Crippen LogP contribution in [-0.4, -0.2) is 43.8 Å². The first-order valence-corrected chi connectivity index (χ1v) is 12.5. The van der Waals surface area contributed by atoms with Crippen molar-refractivity contribution < 1.29 is 14.4 Å². The van der Waals surface area contributed by atoms with E-state index in [2.05, 4.69) is 47.4 Å². The zero-order valence-corrected chi connectivity index (χ0v) is 20.4. The van der Waals surface area contributed by atoms with Gasteiger partial charge in [0.1, 0.15) is 0 Å². The third kappa shape index (κ3) is 4.46. The molecular formula is C26H25N5O3S. The molecule has 0 unspecified atom stereocenters. The molecule has 35 heavy (non-hydrogen) atoms. The van der Waals surface area contributed by atoms with E-state index in [1.54, 1.807) is 28.8 Å². The number of unbranched alkanes of at least 4 members (excludes halogenated alkanes) is 2. The summed E-state index contributed by atoms with van der Waals surface area (Å²) in [6, 6.07) is 13.2. The molecule has 0 fully saturated rings. The van der Waals surface area contributed by atoms with E-state index in [-0.39, 0.29) is 17.7 Å². The molecule has 0 radical (unpaired) electrons. The number of amides is 3. The van der Waals surface area contributed by atoms with Gasteiger partial charge in [-0.2, -0.15) is 4.98 Å². The number of thiazole rings is 1. The highest BCUT2D eigenvalue weighted by Gasteiger charge is 2.34. The molecule has 178 valence electrons. The Balaban J connectivity index is 1.12. The van der Waals surface area contributed by atoms with Crippen LogP contribution >= 0.6 is 11.3 Å². The lowest BCUT2D eigenvalue weighted by molar-refractivity contribution is -0.116. The summed E-state index contributed by atoms with van der Waals surface area (Å²) in [6.45, 7) is 4.49. The Morgan fingerprint density at radius 3 is 2.43 bits per heavy atom. The maximum atomic E-state index is 12.4. The number of imide groups is 1. The first-order chi connectivity index (χ1) is 16.9. The smallest absolute Gasteiger partial charge is 0.261 e. The summed E-state index contributed by atoms with van der Waals surface area (Å²) < 4.78 is 1.76. The first-order valence-electron chi connectivity index (χ1n) is 11.6. The molecule has 0 saturated carbocycles. The predicted molar refractivity (Wildman–Crippen MR) is 135 cm³/mol. The molecule has 1 N–H and O–H groups in total. The van der Waals surface area contributed by atoms with Gasteiger partial charge < -0.3 is 0 Å². The fraction of sp³-hybridized carbons (Fsp3) is 0.269. The highest BCUT2D eigenvalue weighted by Crippen LogP contribution is 2.29. The minimum atomic E-state index is -0.241. The average Bonchev–Trinajstić information content (AvgIpc) is 3.47. The third-order valence-electron chi connectivity index (χ3n) is 6.15. The van der Waals surface area contributed by atoms with E-state index in [9.17, 15) is 14.4 Å². The van der Waals surface area contributed by atoms with Crippen LogP contribution in [0.2, 0.25) is 0 Å². The van der Waals surface area contributed by atoms with Gasteiger partial charge >= 0.3 is 0 Å². The topological polar surface area (TPSA) is 96.7 Å². The lowest BCUT2D eigenvalue weighted by Gasteiger charge is -2.13. The summed E-state index contributed by atoms with van der Waals surface area (Å²) in [7, 11) is 0. The van der Waals surface area contributed by atoms with Crippen molar-refractivity contribution in [2.75, 3.05) is 11.9 Å². The van der Waals surface area contributed by atoms with Gasteiger partial charge in [0.05, 0.1) is 16.8 Å². The van der Waals surface area contributed by atoms with E-state index in [0.717, 1.165) is 28.2 Å². The molecule has 1 aliphatic rings. The number of nitrogens with one attached hydrogen (secondary N) is 1. The molecule has 5 rings (SSSR count). The molecule has 2 aromatic heterocycles. The fourth-order valence-electron chi connectivity index (χ4n) is 4.38. The molecule has 2 aromatic carbocycles. The van der Waals surface area contributed by atoms with Gasteiger partial charge in [-0.15, -0.1) is 16.4 Å². The van der Waals surface area contributed by atoms with Crippen LogP contribution in [0.15, 0.2) is 47.8 Å². The van der Waals surface area contributed by atoms with Gasteiger partial charge in [0.2, 0.25) is 16.8 Å². The van der Waals surface area contributed by atoms with Crippen molar-refractivity contribution in [3.8, 4) is 11.3 Å². The third-order valence-corrected chi connectivity index (χ3v) is 6.97. The molecule has 3 heterocycles. The Morgan fingerprint density at radius 2 is 1.71 bits per heavy atom. The summed E-state index contributed by atoms with van der Waals surface area (Å²) in [4.78, 5) is 43.7. The minimum absolute atomic E-state index is 0.156. The Bertz CT molecular complexity index is 1420. The number of anilines is 1. The summed E-state index contributed by atoms with van der Waals surface area (Å²) in [5, 5.41) is 9.29. The van der Waals surface area contributed by atoms with Gasteiger partial charge in [-0.1, -0.05) is 42.3 Å². The van der Waals surface area contributed by atoms with Crippen LogP contribution in [0.3, 0.4) is 0 Å². The number of aromatic nitrogens is 3. The van der Waals surface area contributed by atoms with E-state index < -0.39 is 0 Å². The van der Waals surface area contributed by atoms with Crippen LogP contribution in [0.5, 0.6) is 0 Å². The van der Waals surface area contributed by atoms with Gasteiger partial charge in [-0.3, -0.25) is 24.6 Å². The van der Waals surface area contributed by atoms with Crippen LogP contribution in [0.4, 0.5) is 5.95 Å². The van der Waals surface area contributed by atoms with E-state index in [1.807, 2.05) is 5.38 Å². The van der Waals surface area contributed by atoms with Gasteiger partial charge in [-0.05, 0) is 44.4 Å². The fourth-order valence-corrected chi connectivity index (χ4v) is 5.20. The first kappa shape index (κ1) is 22.9. The number of hydrogen-bond donors (Lipinski definition) is 1. The van der Waals surface area contributed by atoms with Crippen molar-refractivity contribution in [1.82, 2.24) is 19.5 Å². The predicted octanol–water partition coefficient (Wildman–Crippen LogP) is 4.87. The lowest BCUT2D eigenvalue weighted by atomic mass is 10.0. The molecular weight excluding hydrogens is 462 g/mol. The quantitative estimate of drug-likeness (QED) is 0.283. The molecule has 0 aliphatic carbocycles. The number of aryl methyl sites for hydroxylation is 2. The average molecular weight is 488 g/mol. The monoisotopic (exact) mass is 487 g/mol. The zero-order valence-electron chi connectivity index (χ0n) is 19.6. The highest BCUT2D eigenvalue weighted by molar-refractivity contribution is 7.15. The maximum absolute atomic E-state index is 12.4. The van der Waals surface area contributed by atoms with Crippen molar-refractivity contribution in [2.24, 2.45) is 0 Å². The Labute approximate surface area is 206 Å². The lowest BCUT2D eigenvalue weighted by Crippen LogP contribution is -2.30. The van der Waals surface area contributed by atoms with Gasteiger partial charge in [-0.25, -0.2) is 4.52 Å². The van der Waals surface area contributed by atoms with Crippen LogP contribution in [-0.2, 0) is 4.79 Å². The van der Waals surface area contributed by atoms with Crippen molar-refractivity contribution >= 4 is 40.0 Å². The Kier molecular flexibility index (Phi) is 6.17. The number of benzene rings is 2. The van der Waals surface area contributed by atoms with Crippen LogP contribution in [0, 0.1) is 13.8 Å². The molecule has 9 heteroatoms. The van der Waals surface area contributed by atoms with E-state index in [0.29, 0.717) is 42.9 Å². The van der Waals surface area contributed by atoms with E-state index in [1.165, 1.54) is 21.8 Å². The number of carbonyl (C=O) groups is 3. The number of nitrogens with zero attached hydrogens (tertiary/aromatic N) is 4. The van der Waals surface area contributed by atoms with Crippen molar-refractivity contribution in [3.63, 3.8) is 0 Å². The summed E-state index contributed by atoms with van der Waals surface area (Å²) in [6.07, 6.45) is 2.34. The molecule has 1 aliphatic heterocycles. The largest absolute Gasteiger partial charge is 0.293 e. The van der Waals surface area contributed by atoms with E-state index in [4.69, 9.17) is 0 Å². The van der Waals surface area contributed by atoms with Gasteiger partial charge in [0, 0.05) is 23.9 Å². The Hall–Kier alpha value is -3.85. The SMILES string of the molecule is Cc1ccc(-c2csc3nc(NC(=O)CCCCCN4C(=O)c5ccccc5C4=O)nn23)c(C)c1. The summed E-state index contributed by atoms with van der Waals surface area (Å²) in [5.41, 5.74) is 5.32. The van der Waals surface area contributed by atoms with Gasteiger partial charge in [0.15, 0.2) is 0 Å². The molecule has 3 amide bonds. The second-order valence-electron chi connectivity index (χ2n) is 8.74. The second-order valence-corrected chi connectivity index (χ2v) is 9.57. The van der Waals surface area contributed by atoms with Crippen molar-refractivity contribution in [2.45, 2.75) is 39.5 Å². The molecule has 0 atom stereocenters. The maximum Gasteiger partial charge on any atom is 0.261 e. The summed E-state index contributed by atoms with van der Waals surface area (Å²) in [5.74, 6) is -0.348. The Morgan fingerprint density at radius 1 is 0.971 bits per heavy atom. The minimum Gasteiger partial charge on any atom is -0.293 e. The van der Waals surface area contributed by atoms with Crippen LogP contribution in [0.1, 0.15) is 57.5 Å². The molecule has 4 aromatic rings. The second kappa shape index (κ2) is 9.42. The van der Waals surface area contributed by atoms with E-state index >= 15 is 0 Å². The number of carbonyl (C=O) groups excluding carboxylic acids is 3. The molecule has 0 saturated heterocycles. The molecule has 0 spiro atoms. The highest BCUT2D eigenvalue weighted by atomic mass is 32.1. The van der Waals surface area contributed by atoms with Crippen LogP contribution < -0.4 is 5.32 Å². The van der Waals surface area contributed by atoms with Crippen LogP contribution in [0.25, 0.3) is 16.2 Å². The molecule has 0 bridgehead atoms. The van der Waals surface area contributed by atoms with Gasteiger partial charge in [0.25, 0.3) is 11.8 Å². The summed E-state index contributed by atoms with van der Waals surface area (Å²) >= 11 is 1.48. The zero-order chi connectivity index (χ0) is 24.5. The number of rotatable bonds is 8. The van der Waals surface area contributed by atoms with Crippen molar-refractivity contribution in [1.29, 1.82) is 0 Å².